The van der Waals surface area contributed by atoms with Gasteiger partial charge in [-0.3, -0.25) is 0 Å². The van der Waals surface area contributed by atoms with Crippen molar-refractivity contribution in [2.24, 2.45) is 0 Å². The van der Waals surface area contributed by atoms with Crippen molar-refractivity contribution in [1.82, 2.24) is 5.32 Å². The zero-order valence-electron chi connectivity index (χ0n) is 10.2. The van der Waals surface area contributed by atoms with Gasteiger partial charge in [0.25, 0.3) is 0 Å². The minimum atomic E-state index is -4.10. The molecule has 1 N–H and O–H groups in total. The maximum Gasteiger partial charge on any atom is 0.389 e. The second-order valence-corrected chi connectivity index (χ2v) is 4.33. The van der Waals surface area contributed by atoms with Crippen LogP contribution in [0.25, 0.3) is 0 Å². The minimum Gasteiger partial charge on any atom is -0.317 e. The molecule has 1 aromatic carbocycles. The van der Waals surface area contributed by atoms with Crippen molar-refractivity contribution in [2.45, 2.75) is 37.9 Å². The molecule has 0 aromatic heterocycles. The van der Waals surface area contributed by atoms with Gasteiger partial charge in [-0.15, -0.1) is 0 Å². The van der Waals surface area contributed by atoms with Crippen LogP contribution in [-0.4, -0.2) is 19.3 Å². The van der Waals surface area contributed by atoms with E-state index in [1.165, 1.54) is 12.1 Å². The van der Waals surface area contributed by atoms with Gasteiger partial charge in [-0.05, 0) is 44.0 Å². The standard InChI is InChI=1S/C13H17F4N/c1-18-12(6-3-7-13(15,16)17)9-10-4-2-5-11(14)8-10/h2,4-5,8,12,18H,3,6-7,9H2,1H3. The Morgan fingerprint density at radius 1 is 1.28 bits per heavy atom. The van der Waals surface area contributed by atoms with E-state index in [4.69, 9.17) is 0 Å². The topological polar surface area (TPSA) is 12.0 Å². The van der Waals surface area contributed by atoms with Crippen molar-refractivity contribution in [1.29, 1.82) is 0 Å². The second-order valence-electron chi connectivity index (χ2n) is 4.33. The molecule has 0 spiro atoms. The Morgan fingerprint density at radius 2 is 2.00 bits per heavy atom. The zero-order chi connectivity index (χ0) is 13.6. The van der Waals surface area contributed by atoms with Crippen molar-refractivity contribution in [3.8, 4) is 0 Å². The van der Waals surface area contributed by atoms with Gasteiger partial charge in [-0.2, -0.15) is 13.2 Å². The highest BCUT2D eigenvalue weighted by molar-refractivity contribution is 5.17. The molecule has 1 aromatic rings. The number of halogens is 4. The molecule has 1 nitrogen and oxygen atoms in total. The van der Waals surface area contributed by atoms with Crippen LogP contribution < -0.4 is 5.32 Å². The number of hydrogen-bond donors (Lipinski definition) is 1. The third-order valence-electron chi connectivity index (χ3n) is 2.79. The van der Waals surface area contributed by atoms with Crippen LogP contribution in [0.1, 0.15) is 24.8 Å². The molecule has 0 aliphatic rings. The molecule has 0 radical (unpaired) electrons. The SMILES string of the molecule is CNC(CCCC(F)(F)F)Cc1cccc(F)c1. The molecule has 0 heterocycles. The monoisotopic (exact) mass is 263 g/mol. The molecular formula is C13H17F4N. The maximum absolute atomic E-state index is 13.0. The molecule has 0 amide bonds. The molecule has 1 rings (SSSR count). The average Bonchev–Trinajstić information content (AvgIpc) is 2.26. The van der Waals surface area contributed by atoms with Gasteiger partial charge in [0.1, 0.15) is 5.82 Å². The van der Waals surface area contributed by atoms with E-state index in [1.54, 1.807) is 19.2 Å². The molecule has 0 saturated carbocycles. The highest BCUT2D eigenvalue weighted by Crippen LogP contribution is 2.23. The first-order chi connectivity index (χ1) is 8.40. The van der Waals surface area contributed by atoms with E-state index in [2.05, 4.69) is 5.32 Å². The van der Waals surface area contributed by atoms with Gasteiger partial charge in [-0.1, -0.05) is 12.1 Å². The van der Waals surface area contributed by atoms with Crippen LogP contribution in [0, 0.1) is 5.82 Å². The molecule has 0 aliphatic carbocycles. The number of likely N-dealkylation sites (N-methyl/N-ethyl adjacent to an activating group) is 1. The van der Waals surface area contributed by atoms with Gasteiger partial charge in [0.2, 0.25) is 0 Å². The molecule has 0 saturated heterocycles. The van der Waals surface area contributed by atoms with Gasteiger partial charge in [0.15, 0.2) is 0 Å². The number of nitrogens with one attached hydrogen (secondary N) is 1. The van der Waals surface area contributed by atoms with Crippen LogP contribution in [0.15, 0.2) is 24.3 Å². The fourth-order valence-corrected chi connectivity index (χ4v) is 1.85. The highest BCUT2D eigenvalue weighted by atomic mass is 19.4. The summed E-state index contributed by atoms with van der Waals surface area (Å²) in [6.07, 6.45) is -3.82. The fraction of sp³-hybridized carbons (Fsp3) is 0.538. The lowest BCUT2D eigenvalue weighted by Gasteiger charge is -2.16. The normalized spacial score (nSPS) is 13.6. The predicted molar refractivity (Wildman–Crippen MR) is 62.9 cm³/mol. The van der Waals surface area contributed by atoms with Crippen molar-refractivity contribution in [3.63, 3.8) is 0 Å². The summed E-state index contributed by atoms with van der Waals surface area (Å²) < 4.78 is 49.0. The summed E-state index contributed by atoms with van der Waals surface area (Å²) in [5.41, 5.74) is 0.793. The minimum absolute atomic E-state index is 0.0610. The summed E-state index contributed by atoms with van der Waals surface area (Å²) in [5.74, 6) is -0.322. The molecule has 102 valence electrons. The van der Waals surface area contributed by atoms with Gasteiger partial charge in [0.05, 0.1) is 0 Å². The lowest BCUT2D eigenvalue weighted by atomic mass is 10.0. The highest BCUT2D eigenvalue weighted by Gasteiger charge is 2.26. The smallest absolute Gasteiger partial charge is 0.317 e. The summed E-state index contributed by atoms with van der Waals surface area (Å²) in [4.78, 5) is 0. The van der Waals surface area contributed by atoms with Crippen LogP contribution in [0.3, 0.4) is 0 Å². The van der Waals surface area contributed by atoms with Gasteiger partial charge >= 0.3 is 6.18 Å². The van der Waals surface area contributed by atoms with Crippen molar-refractivity contribution in [2.75, 3.05) is 7.05 Å². The Kier molecular flexibility index (Phi) is 5.59. The first-order valence-corrected chi connectivity index (χ1v) is 5.89. The third kappa shape index (κ3) is 6.00. The molecule has 1 atom stereocenters. The van der Waals surface area contributed by atoms with E-state index in [-0.39, 0.29) is 18.3 Å². The van der Waals surface area contributed by atoms with Crippen LogP contribution >= 0.6 is 0 Å². The molecule has 5 heteroatoms. The summed E-state index contributed by atoms with van der Waals surface area (Å²) >= 11 is 0. The van der Waals surface area contributed by atoms with Crippen LogP contribution in [0.2, 0.25) is 0 Å². The quantitative estimate of drug-likeness (QED) is 0.772. The van der Waals surface area contributed by atoms with Crippen molar-refractivity contribution < 1.29 is 17.6 Å². The van der Waals surface area contributed by atoms with E-state index in [0.29, 0.717) is 12.8 Å². The molecule has 0 bridgehead atoms. The summed E-state index contributed by atoms with van der Waals surface area (Å²) in [6.45, 7) is 0. The van der Waals surface area contributed by atoms with Gasteiger partial charge in [-0.25, -0.2) is 4.39 Å². The van der Waals surface area contributed by atoms with E-state index in [1.807, 2.05) is 0 Å². The average molecular weight is 263 g/mol. The first kappa shape index (κ1) is 15.0. The summed E-state index contributed by atoms with van der Waals surface area (Å²) in [5, 5.41) is 2.97. The van der Waals surface area contributed by atoms with Crippen LogP contribution in [0.4, 0.5) is 17.6 Å². The Balaban J connectivity index is 2.42. The Morgan fingerprint density at radius 3 is 2.56 bits per heavy atom. The van der Waals surface area contributed by atoms with E-state index >= 15 is 0 Å². The lowest BCUT2D eigenvalue weighted by molar-refractivity contribution is -0.135. The number of benzene rings is 1. The summed E-state index contributed by atoms with van der Waals surface area (Å²) in [6, 6.07) is 6.08. The second kappa shape index (κ2) is 6.73. The van der Waals surface area contributed by atoms with Gasteiger partial charge < -0.3 is 5.32 Å². The molecule has 1 unspecified atom stereocenters. The summed E-state index contributed by atoms with van der Waals surface area (Å²) in [7, 11) is 1.71. The van der Waals surface area contributed by atoms with Gasteiger partial charge in [0, 0.05) is 12.5 Å². The van der Waals surface area contributed by atoms with Crippen LogP contribution in [0.5, 0.6) is 0 Å². The molecule has 0 aliphatic heterocycles. The Labute approximate surface area is 104 Å². The Bertz CT molecular complexity index is 362. The number of hydrogen-bond acceptors (Lipinski definition) is 1. The Hall–Kier alpha value is -1.10. The van der Waals surface area contributed by atoms with E-state index in [0.717, 1.165) is 5.56 Å². The maximum atomic E-state index is 13.0. The van der Waals surface area contributed by atoms with E-state index < -0.39 is 12.6 Å². The van der Waals surface area contributed by atoms with E-state index in [9.17, 15) is 17.6 Å². The third-order valence-corrected chi connectivity index (χ3v) is 2.79. The predicted octanol–water partition coefficient (Wildman–Crippen LogP) is 3.69. The largest absolute Gasteiger partial charge is 0.389 e. The van der Waals surface area contributed by atoms with Crippen molar-refractivity contribution in [3.05, 3.63) is 35.6 Å². The zero-order valence-corrected chi connectivity index (χ0v) is 10.2. The lowest BCUT2D eigenvalue weighted by Crippen LogP contribution is -2.28. The fourth-order valence-electron chi connectivity index (χ4n) is 1.85. The number of alkyl halides is 3. The molecule has 0 fully saturated rings. The molecular weight excluding hydrogens is 246 g/mol. The van der Waals surface area contributed by atoms with Crippen LogP contribution in [-0.2, 0) is 6.42 Å². The number of rotatable bonds is 6. The van der Waals surface area contributed by atoms with Crippen molar-refractivity contribution >= 4 is 0 Å². The first-order valence-electron chi connectivity index (χ1n) is 5.89. The molecule has 18 heavy (non-hydrogen) atoms.